The lowest BCUT2D eigenvalue weighted by Crippen LogP contribution is -2.46. The summed E-state index contributed by atoms with van der Waals surface area (Å²) in [7, 11) is 0. The Labute approximate surface area is 169 Å². The number of hydrogen-bond acceptors (Lipinski definition) is 6. The first-order valence-electron chi connectivity index (χ1n) is 9.80. The molecule has 0 amide bonds. The molecule has 2 aromatic carbocycles. The van der Waals surface area contributed by atoms with Crippen molar-refractivity contribution in [2.75, 3.05) is 30.3 Å². The van der Waals surface area contributed by atoms with E-state index in [9.17, 15) is 0 Å². The topological polar surface area (TPSA) is 95.8 Å². The van der Waals surface area contributed by atoms with Gasteiger partial charge in [0.25, 0.3) is 0 Å². The normalized spacial score (nSPS) is 17.0. The van der Waals surface area contributed by atoms with Crippen molar-refractivity contribution in [2.24, 2.45) is 0 Å². The molecule has 5 rings (SSSR count). The zero-order chi connectivity index (χ0) is 19.8. The van der Waals surface area contributed by atoms with Crippen molar-refractivity contribution in [1.29, 1.82) is 0 Å². The van der Waals surface area contributed by atoms with E-state index in [-0.39, 0.29) is 6.04 Å². The molecule has 1 aliphatic rings. The van der Waals surface area contributed by atoms with Crippen LogP contribution in [-0.2, 0) is 0 Å². The second-order valence-corrected chi connectivity index (χ2v) is 7.41. The predicted molar refractivity (Wildman–Crippen MR) is 116 cm³/mol. The molecule has 0 saturated carbocycles. The highest BCUT2D eigenvalue weighted by molar-refractivity contribution is 5.86. The molecule has 29 heavy (non-hydrogen) atoms. The lowest BCUT2D eigenvalue weighted by Gasteiger charge is -2.35. The molecule has 0 spiro atoms. The summed E-state index contributed by atoms with van der Waals surface area (Å²) in [5, 5.41) is 12.0. The van der Waals surface area contributed by atoms with Crippen LogP contribution < -0.4 is 16.0 Å². The van der Waals surface area contributed by atoms with E-state index in [2.05, 4.69) is 55.7 Å². The van der Waals surface area contributed by atoms with Gasteiger partial charge in [-0.1, -0.05) is 36.4 Å². The fourth-order valence-corrected chi connectivity index (χ4v) is 3.91. The smallest absolute Gasteiger partial charge is 0.172 e. The molecule has 4 aromatic rings. The number of nitrogens with zero attached hydrogens (tertiary/aromatic N) is 4. The maximum absolute atomic E-state index is 6.23. The van der Waals surface area contributed by atoms with Crippen LogP contribution in [0, 0.1) is 6.92 Å². The number of anilines is 2. The molecule has 7 nitrogen and oxygen atoms in total. The van der Waals surface area contributed by atoms with Gasteiger partial charge in [0.2, 0.25) is 0 Å². The lowest BCUT2D eigenvalue weighted by atomic mass is 10.0. The van der Waals surface area contributed by atoms with Crippen molar-refractivity contribution in [3.8, 4) is 11.3 Å². The van der Waals surface area contributed by atoms with Gasteiger partial charge in [-0.25, -0.2) is 9.97 Å². The van der Waals surface area contributed by atoms with E-state index in [0.29, 0.717) is 5.82 Å². The van der Waals surface area contributed by atoms with E-state index in [0.717, 1.165) is 53.3 Å². The number of nitrogens with one attached hydrogen (secondary N) is 2. The van der Waals surface area contributed by atoms with Crippen LogP contribution in [0.3, 0.4) is 0 Å². The first-order valence-corrected chi connectivity index (χ1v) is 9.80. The minimum atomic E-state index is 0.236. The lowest BCUT2D eigenvalue weighted by molar-refractivity contribution is 0.470. The molecule has 1 atom stereocenters. The van der Waals surface area contributed by atoms with Gasteiger partial charge in [-0.3, -0.25) is 5.10 Å². The fourth-order valence-electron chi connectivity index (χ4n) is 3.91. The monoisotopic (exact) mass is 385 g/mol. The second kappa shape index (κ2) is 7.18. The minimum Gasteiger partial charge on any atom is -0.381 e. The summed E-state index contributed by atoms with van der Waals surface area (Å²) in [6.07, 6.45) is 1.74. The molecule has 1 aliphatic heterocycles. The Kier molecular flexibility index (Phi) is 4.37. The van der Waals surface area contributed by atoms with E-state index in [1.54, 1.807) is 6.20 Å². The van der Waals surface area contributed by atoms with Gasteiger partial charge in [0.05, 0.1) is 17.4 Å². The average molecular weight is 385 g/mol. The van der Waals surface area contributed by atoms with Gasteiger partial charge >= 0.3 is 0 Å². The number of fused-ring (bicyclic) bond motifs is 1. The van der Waals surface area contributed by atoms with Gasteiger partial charge < -0.3 is 16.0 Å². The molecule has 0 unspecified atom stereocenters. The summed E-state index contributed by atoms with van der Waals surface area (Å²) in [6.45, 7) is 4.52. The largest absolute Gasteiger partial charge is 0.381 e. The van der Waals surface area contributed by atoms with Crippen LogP contribution in [0.25, 0.3) is 22.2 Å². The molecule has 7 heteroatoms. The maximum atomic E-state index is 6.23. The van der Waals surface area contributed by atoms with Gasteiger partial charge in [-0.2, -0.15) is 5.10 Å². The van der Waals surface area contributed by atoms with Crippen LogP contribution in [0.4, 0.5) is 11.6 Å². The first-order chi connectivity index (χ1) is 14.2. The minimum absolute atomic E-state index is 0.236. The Morgan fingerprint density at radius 3 is 2.86 bits per heavy atom. The number of aromatic nitrogens is 4. The number of aryl methyl sites for hydroxylation is 1. The summed E-state index contributed by atoms with van der Waals surface area (Å²) < 4.78 is 0. The van der Waals surface area contributed by atoms with Gasteiger partial charge in [0.15, 0.2) is 11.6 Å². The van der Waals surface area contributed by atoms with Gasteiger partial charge in [0, 0.05) is 42.3 Å². The van der Waals surface area contributed by atoms with Crippen LogP contribution in [0.1, 0.15) is 17.3 Å². The van der Waals surface area contributed by atoms with Crippen molar-refractivity contribution in [3.63, 3.8) is 0 Å². The average Bonchev–Trinajstić information content (AvgIpc) is 3.15. The summed E-state index contributed by atoms with van der Waals surface area (Å²) >= 11 is 0. The number of nitrogen functional groups attached to an aromatic ring is 1. The number of H-pyrrole nitrogens is 1. The van der Waals surface area contributed by atoms with Crippen molar-refractivity contribution in [3.05, 3.63) is 66.0 Å². The van der Waals surface area contributed by atoms with E-state index < -0.39 is 0 Å². The van der Waals surface area contributed by atoms with Crippen molar-refractivity contribution < 1.29 is 0 Å². The molecule has 4 N–H and O–H groups in total. The molecule has 2 aromatic heterocycles. The Morgan fingerprint density at radius 2 is 2.00 bits per heavy atom. The van der Waals surface area contributed by atoms with Crippen molar-refractivity contribution >= 4 is 22.5 Å². The Hall–Kier alpha value is -3.45. The number of hydrogen-bond donors (Lipinski definition) is 3. The van der Waals surface area contributed by atoms with Gasteiger partial charge in [-0.15, -0.1) is 0 Å². The molecule has 1 fully saturated rings. The second-order valence-electron chi connectivity index (χ2n) is 7.41. The van der Waals surface area contributed by atoms with E-state index in [1.165, 1.54) is 5.56 Å². The van der Waals surface area contributed by atoms with Crippen molar-refractivity contribution in [2.45, 2.75) is 13.0 Å². The Balaban J connectivity index is 1.48. The highest BCUT2D eigenvalue weighted by Gasteiger charge is 2.24. The Morgan fingerprint density at radius 1 is 1.14 bits per heavy atom. The maximum Gasteiger partial charge on any atom is 0.172 e. The third kappa shape index (κ3) is 3.30. The van der Waals surface area contributed by atoms with Crippen LogP contribution >= 0.6 is 0 Å². The highest BCUT2D eigenvalue weighted by Crippen LogP contribution is 2.29. The zero-order valence-corrected chi connectivity index (χ0v) is 16.3. The molecule has 3 heterocycles. The fraction of sp³-hybridized carbons (Fsp3) is 0.227. The van der Waals surface area contributed by atoms with Crippen LogP contribution in [0.5, 0.6) is 0 Å². The summed E-state index contributed by atoms with van der Waals surface area (Å²) in [5.41, 5.74) is 11.3. The zero-order valence-electron chi connectivity index (χ0n) is 16.3. The summed E-state index contributed by atoms with van der Waals surface area (Å²) in [6, 6.07) is 16.8. The van der Waals surface area contributed by atoms with E-state index >= 15 is 0 Å². The van der Waals surface area contributed by atoms with Gasteiger partial charge in [-0.05, 0) is 24.6 Å². The van der Waals surface area contributed by atoms with Crippen LogP contribution in [0.2, 0.25) is 0 Å². The number of nitrogens with two attached hydrogens (primary N) is 1. The SMILES string of the molecule is Cc1[nH]nc2ccc(-c3cnc(N)c(N4CCN[C@H](c5ccccc5)C4)n3)cc12. The molecule has 146 valence electrons. The molecule has 1 saturated heterocycles. The number of piperazine rings is 1. The van der Waals surface area contributed by atoms with E-state index in [4.69, 9.17) is 10.7 Å². The summed E-state index contributed by atoms with van der Waals surface area (Å²) in [4.78, 5) is 11.6. The van der Waals surface area contributed by atoms with Crippen LogP contribution in [0.15, 0.2) is 54.7 Å². The third-order valence-corrected chi connectivity index (χ3v) is 5.50. The van der Waals surface area contributed by atoms with Gasteiger partial charge in [0.1, 0.15) is 0 Å². The standard InChI is InChI=1S/C22H23N7/c1-14-17-11-16(7-8-18(17)28-27-14)19-12-25-21(23)22(26-19)29-10-9-24-20(13-29)15-5-3-2-4-6-15/h2-8,11-12,20,24H,9-10,13H2,1H3,(H2,23,25)(H,27,28)/t20-/m0/s1. The third-order valence-electron chi connectivity index (χ3n) is 5.50. The first kappa shape index (κ1) is 17.6. The number of benzene rings is 2. The van der Waals surface area contributed by atoms with Crippen molar-refractivity contribution in [1.82, 2.24) is 25.5 Å². The number of rotatable bonds is 3. The molecule has 0 aliphatic carbocycles. The summed E-state index contributed by atoms with van der Waals surface area (Å²) in [5.74, 6) is 1.21. The van der Waals surface area contributed by atoms with E-state index in [1.807, 2.05) is 25.1 Å². The predicted octanol–water partition coefficient (Wildman–Crippen LogP) is 3.06. The molecule has 0 bridgehead atoms. The van der Waals surface area contributed by atoms with Crippen LogP contribution in [-0.4, -0.2) is 39.8 Å². The highest BCUT2D eigenvalue weighted by atomic mass is 15.3. The Bertz CT molecular complexity index is 1150. The quantitative estimate of drug-likeness (QED) is 0.502. The molecule has 0 radical (unpaired) electrons. The molecular formula is C22H23N7. The molecular weight excluding hydrogens is 362 g/mol. The number of aromatic amines is 1.